The maximum atomic E-state index is 11.2. The van der Waals surface area contributed by atoms with Crippen molar-refractivity contribution in [2.45, 2.75) is 24.9 Å². The van der Waals surface area contributed by atoms with Gasteiger partial charge in [-0.3, -0.25) is 0 Å². The van der Waals surface area contributed by atoms with Crippen molar-refractivity contribution < 1.29 is 10.2 Å². The molecule has 2 aromatic rings. The molecule has 1 aliphatic rings. The van der Waals surface area contributed by atoms with Crippen LogP contribution >= 0.6 is 0 Å². The van der Waals surface area contributed by atoms with Gasteiger partial charge in [-0.1, -0.05) is 48.5 Å². The standard InChI is InChI=1S/C17H18O2/c18-12-11-17(19)15-7-3-1-5-13(15)9-10-14-6-2-4-8-16(14)17/h1-8,18-19H,9-12H2. The summed E-state index contributed by atoms with van der Waals surface area (Å²) >= 11 is 0. The number of benzene rings is 2. The van der Waals surface area contributed by atoms with E-state index in [1.165, 1.54) is 11.1 Å². The molecule has 0 fully saturated rings. The zero-order chi connectivity index (χ0) is 13.3. The van der Waals surface area contributed by atoms with E-state index in [-0.39, 0.29) is 6.61 Å². The quantitative estimate of drug-likeness (QED) is 0.864. The first kappa shape index (κ1) is 12.4. The minimum atomic E-state index is -1.07. The summed E-state index contributed by atoms with van der Waals surface area (Å²) in [5, 5.41) is 20.6. The van der Waals surface area contributed by atoms with Crippen molar-refractivity contribution in [2.24, 2.45) is 0 Å². The topological polar surface area (TPSA) is 40.5 Å². The molecule has 0 aromatic heterocycles. The van der Waals surface area contributed by atoms with Gasteiger partial charge in [-0.2, -0.15) is 0 Å². The predicted molar refractivity (Wildman–Crippen MR) is 75.0 cm³/mol. The average molecular weight is 254 g/mol. The fraction of sp³-hybridized carbons (Fsp3) is 0.294. The van der Waals surface area contributed by atoms with Crippen LogP contribution in [0.1, 0.15) is 28.7 Å². The monoisotopic (exact) mass is 254 g/mol. The lowest BCUT2D eigenvalue weighted by molar-refractivity contribution is 0.0504. The number of hydrogen-bond acceptors (Lipinski definition) is 2. The molecular weight excluding hydrogens is 236 g/mol. The van der Waals surface area contributed by atoms with Gasteiger partial charge in [0.1, 0.15) is 5.60 Å². The second kappa shape index (κ2) is 4.80. The van der Waals surface area contributed by atoms with Crippen molar-refractivity contribution in [1.29, 1.82) is 0 Å². The van der Waals surface area contributed by atoms with Crippen molar-refractivity contribution >= 4 is 0 Å². The van der Waals surface area contributed by atoms with E-state index in [0.717, 1.165) is 24.0 Å². The highest BCUT2D eigenvalue weighted by Crippen LogP contribution is 2.39. The van der Waals surface area contributed by atoms with Crippen LogP contribution in [-0.4, -0.2) is 16.8 Å². The van der Waals surface area contributed by atoms with Gasteiger partial charge in [-0.05, 0) is 35.1 Å². The number of hydrogen-bond donors (Lipinski definition) is 2. The molecule has 0 amide bonds. The highest BCUT2D eigenvalue weighted by atomic mass is 16.3. The van der Waals surface area contributed by atoms with Crippen molar-refractivity contribution in [3.8, 4) is 0 Å². The third kappa shape index (κ3) is 1.97. The molecule has 2 heteroatoms. The van der Waals surface area contributed by atoms with Crippen molar-refractivity contribution in [3.05, 3.63) is 70.8 Å². The first-order valence-corrected chi connectivity index (χ1v) is 6.76. The molecule has 0 heterocycles. The van der Waals surface area contributed by atoms with Gasteiger partial charge in [0.2, 0.25) is 0 Å². The lowest BCUT2D eigenvalue weighted by Crippen LogP contribution is -2.29. The van der Waals surface area contributed by atoms with E-state index in [9.17, 15) is 10.2 Å². The molecule has 0 saturated carbocycles. The summed E-state index contributed by atoms with van der Waals surface area (Å²) in [6.45, 7) is -0.0286. The first-order valence-electron chi connectivity index (χ1n) is 6.76. The Bertz CT molecular complexity index is 542. The first-order chi connectivity index (χ1) is 9.25. The van der Waals surface area contributed by atoms with Crippen LogP contribution in [0.3, 0.4) is 0 Å². The van der Waals surface area contributed by atoms with E-state index in [4.69, 9.17) is 0 Å². The number of aryl methyl sites for hydroxylation is 2. The van der Waals surface area contributed by atoms with Gasteiger partial charge in [0.15, 0.2) is 0 Å². The van der Waals surface area contributed by atoms with E-state index >= 15 is 0 Å². The average Bonchev–Trinajstić information content (AvgIpc) is 2.57. The summed E-state index contributed by atoms with van der Waals surface area (Å²) in [5.74, 6) is 0. The van der Waals surface area contributed by atoms with E-state index in [1.54, 1.807) is 0 Å². The molecule has 19 heavy (non-hydrogen) atoms. The third-order valence-electron chi connectivity index (χ3n) is 4.06. The number of rotatable bonds is 2. The van der Waals surface area contributed by atoms with E-state index in [1.807, 2.05) is 36.4 Å². The van der Waals surface area contributed by atoms with Crippen molar-refractivity contribution in [2.75, 3.05) is 6.61 Å². The fourth-order valence-electron chi connectivity index (χ4n) is 3.13. The molecule has 0 aliphatic heterocycles. The molecule has 0 spiro atoms. The van der Waals surface area contributed by atoms with Gasteiger partial charge in [-0.25, -0.2) is 0 Å². The molecule has 0 unspecified atom stereocenters. The summed E-state index contributed by atoms with van der Waals surface area (Å²) in [4.78, 5) is 0. The van der Waals surface area contributed by atoms with Crippen LogP contribution in [0.5, 0.6) is 0 Å². The molecule has 0 bridgehead atoms. The van der Waals surface area contributed by atoms with Crippen LogP contribution in [0.15, 0.2) is 48.5 Å². The maximum absolute atomic E-state index is 11.2. The van der Waals surface area contributed by atoms with Gasteiger partial charge in [0.05, 0.1) is 0 Å². The number of fused-ring (bicyclic) bond motifs is 2. The number of aliphatic hydroxyl groups excluding tert-OH is 1. The summed E-state index contributed by atoms with van der Waals surface area (Å²) in [7, 11) is 0. The van der Waals surface area contributed by atoms with Crippen LogP contribution < -0.4 is 0 Å². The lowest BCUT2D eigenvalue weighted by atomic mass is 9.81. The minimum absolute atomic E-state index is 0.0286. The molecule has 2 aromatic carbocycles. The smallest absolute Gasteiger partial charge is 0.117 e. The molecule has 2 nitrogen and oxygen atoms in total. The summed E-state index contributed by atoms with van der Waals surface area (Å²) in [5.41, 5.74) is 3.16. The fourth-order valence-corrected chi connectivity index (χ4v) is 3.13. The Morgan fingerprint density at radius 1 is 0.842 bits per heavy atom. The van der Waals surface area contributed by atoms with E-state index in [2.05, 4.69) is 12.1 Å². The summed E-state index contributed by atoms with van der Waals surface area (Å²) in [6.07, 6.45) is 2.20. The zero-order valence-corrected chi connectivity index (χ0v) is 10.8. The molecule has 98 valence electrons. The minimum Gasteiger partial charge on any atom is -0.396 e. The van der Waals surface area contributed by atoms with Gasteiger partial charge in [0, 0.05) is 13.0 Å². The van der Waals surface area contributed by atoms with Crippen molar-refractivity contribution in [1.82, 2.24) is 0 Å². The normalized spacial score (nSPS) is 16.3. The van der Waals surface area contributed by atoms with Crippen LogP contribution in [0.2, 0.25) is 0 Å². The van der Waals surface area contributed by atoms with Crippen LogP contribution in [0.4, 0.5) is 0 Å². The van der Waals surface area contributed by atoms with Gasteiger partial charge in [0.25, 0.3) is 0 Å². The molecule has 1 aliphatic carbocycles. The second-order valence-corrected chi connectivity index (χ2v) is 5.15. The van der Waals surface area contributed by atoms with Crippen LogP contribution in [0.25, 0.3) is 0 Å². The summed E-state index contributed by atoms with van der Waals surface area (Å²) < 4.78 is 0. The Hall–Kier alpha value is -1.64. The Balaban J connectivity index is 2.25. The third-order valence-corrected chi connectivity index (χ3v) is 4.06. The van der Waals surface area contributed by atoms with Gasteiger partial charge in [-0.15, -0.1) is 0 Å². The number of aliphatic hydroxyl groups is 2. The molecule has 2 N–H and O–H groups in total. The lowest BCUT2D eigenvalue weighted by Gasteiger charge is -2.30. The summed E-state index contributed by atoms with van der Waals surface area (Å²) in [6, 6.07) is 16.0. The maximum Gasteiger partial charge on any atom is 0.117 e. The highest BCUT2D eigenvalue weighted by molar-refractivity contribution is 5.47. The van der Waals surface area contributed by atoms with Crippen molar-refractivity contribution in [3.63, 3.8) is 0 Å². The van der Waals surface area contributed by atoms with Gasteiger partial charge >= 0.3 is 0 Å². The van der Waals surface area contributed by atoms with E-state index < -0.39 is 5.60 Å². The molecule has 3 rings (SSSR count). The highest BCUT2D eigenvalue weighted by Gasteiger charge is 2.36. The molecule has 0 radical (unpaired) electrons. The van der Waals surface area contributed by atoms with Crippen LogP contribution in [0, 0.1) is 0 Å². The Morgan fingerprint density at radius 2 is 1.32 bits per heavy atom. The van der Waals surface area contributed by atoms with E-state index in [0.29, 0.717) is 6.42 Å². The Kier molecular flexibility index (Phi) is 3.13. The predicted octanol–water partition coefficient (Wildman–Crippen LogP) is 2.40. The second-order valence-electron chi connectivity index (χ2n) is 5.15. The molecular formula is C17H18O2. The molecule has 0 atom stereocenters. The Labute approximate surface area is 113 Å². The molecule has 0 saturated heterocycles. The van der Waals surface area contributed by atoms with Crippen LogP contribution in [-0.2, 0) is 18.4 Å². The SMILES string of the molecule is OCCC1(O)c2ccccc2CCc2ccccc21. The largest absolute Gasteiger partial charge is 0.396 e. The Morgan fingerprint density at radius 3 is 1.79 bits per heavy atom. The van der Waals surface area contributed by atoms with Gasteiger partial charge < -0.3 is 10.2 Å². The zero-order valence-electron chi connectivity index (χ0n) is 10.8.